The first-order chi connectivity index (χ1) is 11.4. The van der Waals surface area contributed by atoms with Crippen LogP contribution in [0.25, 0.3) is 5.76 Å². The first-order valence-electron chi connectivity index (χ1n) is 6.39. The molecule has 0 radical (unpaired) electrons. The molecule has 2 heterocycles. The van der Waals surface area contributed by atoms with Gasteiger partial charge in [-0.2, -0.15) is 4.98 Å². The van der Waals surface area contributed by atoms with Crippen LogP contribution in [0.4, 0.5) is 0 Å². The fourth-order valence-corrected chi connectivity index (χ4v) is 3.02. The van der Waals surface area contributed by atoms with Gasteiger partial charge in [-0.05, 0) is 11.4 Å². The van der Waals surface area contributed by atoms with E-state index in [0.717, 1.165) is 6.08 Å². The summed E-state index contributed by atoms with van der Waals surface area (Å²) in [7, 11) is 0. The third kappa shape index (κ3) is 4.67. The van der Waals surface area contributed by atoms with Crippen molar-refractivity contribution >= 4 is 46.6 Å². The van der Waals surface area contributed by atoms with E-state index >= 15 is 0 Å². The van der Waals surface area contributed by atoms with Crippen LogP contribution in [0.2, 0.25) is 0 Å². The van der Waals surface area contributed by atoms with Crippen molar-refractivity contribution in [2.75, 3.05) is 0 Å². The Morgan fingerprint density at radius 2 is 2.08 bits per heavy atom. The number of hydrogen-bond acceptors (Lipinski definition) is 8. The molecule has 9 nitrogen and oxygen atoms in total. The van der Waals surface area contributed by atoms with Gasteiger partial charge in [0.25, 0.3) is 0 Å². The Balaban J connectivity index is 2.10. The van der Waals surface area contributed by atoms with Crippen molar-refractivity contribution in [1.82, 2.24) is 15.2 Å². The molecule has 2 aromatic rings. The molecule has 0 amide bonds. The number of nitrogens with one attached hydrogen (secondary N) is 1. The van der Waals surface area contributed by atoms with Crippen LogP contribution in [0.15, 0.2) is 28.7 Å². The Kier molecular flexibility index (Phi) is 5.71. The number of thioether (sulfide) groups is 1. The van der Waals surface area contributed by atoms with Gasteiger partial charge in [-0.1, -0.05) is 17.8 Å². The van der Waals surface area contributed by atoms with Crippen LogP contribution < -0.4 is 0 Å². The number of H-pyrrole nitrogens is 1. The molecule has 11 heteroatoms. The number of nitrogens with zero attached hydrogens (tertiary/aromatic N) is 2. The third-order valence-electron chi connectivity index (χ3n) is 2.62. The van der Waals surface area contributed by atoms with Gasteiger partial charge in [-0.25, -0.2) is 0 Å². The standard InChI is InChI=1S/C13H11N3O6S2/c17-6(8-2-1-3-23-8)4-7(18)11-14-13(16-15-11)24-9(12(21)22)5-10(19)20/h1-4,9,18H,5H2,(H,19,20)(H,21,22)(H,14,15,16). The van der Waals surface area contributed by atoms with Gasteiger partial charge in [0.15, 0.2) is 17.4 Å². The molecule has 0 aliphatic rings. The number of aromatic nitrogens is 3. The second-order valence-electron chi connectivity index (χ2n) is 4.38. The van der Waals surface area contributed by atoms with E-state index in [1.54, 1.807) is 17.5 Å². The lowest BCUT2D eigenvalue weighted by Gasteiger charge is -2.05. The maximum absolute atomic E-state index is 11.8. The monoisotopic (exact) mass is 369 g/mol. The van der Waals surface area contributed by atoms with Crippen molar-refractivity contribution in [1.29, 1.82) is 0 Å². The number of thiophene rings is 1. The molecule has 24 heavy (non-hydrogen) atoms. The SMILES string of the molecule is O=C(O)CC(Sc1n[nH]c(C(O)=CC(=O)c2cccs2)n1)C(=O)O. The van der Waals surface area contributed by atoms with Crippen LogP contribution in [-0.2, 0) is 9.59 Å². The number of carboxylic acid groups (broad SMARTS) is 2. The molecule has 1 atom stereocenters. The minimum atomic E-state index is -1.32. The van der Waals surface area contributed by atoms with Gasteiger partial charge >= 0.3 is 11.9 Å². The summed E-state index contributed by atoms with van der Waals surface area (Å²) in [6, 6.07) is 3.29. The topological polar surface area (TPSA) is 153 Å². The van der Waals surface area contributed by atoms with E-state index in [9.17, 15) is 19.5 Å². The van der Waals surface area contributed by atoms with E-state index in [1.165, 1.54) is 11.3 Å². The fraction of sp³-hybridized carbons (Fsp3) is 0.154. The van der Waals surface area contributed by atoms with Crippen molar-refractivity contribution in [3.05, 3.63) is 34.3 Å². The summed E-state index contributed by atoms with van der Waals surface area (Å²) in [4.78, 5) is 37.8. The van der Waals surface area contributed by atoms with Crippen molar-refractivity contribution in [3.63, 3.8) is 0 Å². The minimum absolute atomic E-state index is 0.0535. The molecule has 1 unspecified atom stereocenters. The van der Waals surface area contributed by atoms with Crippen molar-refractivity contribution in [3.8, 4) is 0 Å². The van der Waals surface area contributed by atoms with Crippen LogP contribution in [0.5, 0.6) is 0 Å². The zero-order valence-electron chi connectivity index (χ0n) is 11.9. The Bertz CT molecular complexity index is 783. The average molecular weight is 369 g/mol. The highest BCUT2D eigenvalue weighted by atomic mass is 32.2. The normalized spacial score (nSPS) is 12.8. The number of aliphatic carboxylic acids is 2. The molecule has 0 spiro atoms. The summed E-state index contributed by atoms with van der Waals surface area (Å²) < 4.78 is 0. The second-order valence-corrected chi connectivity index (χ2v) is 6.50. The van der Waals surface area contributed by atoms with Crippen molar-refractivity contribution < 1.29 is 29.7 Å². The number of ketones is 1. The number of aromatic amines is 1. The Morgan fingerprint density at radius 1 is 1.33 bits per heavy atom. The predicted octanol–water partition coefficient (Wildman–Crippen LogP) is 1.67. The summed E-state index contributed by atoms with van der Waals surface area (Å²) in [6.07, 6.45) is 0.356. The van der Waals surface area contributed by atoms with Crippen LogP contribution in [0, 0.1) is 0 Å². The zero-order valence-corrected chi connectivity index (χ0v) is 13.5. The number of hydrogen-bond donors (Lipinski definition) is 4. The number of allylic oxidation sites excluding steroid dienone is 1. The molecule has 0 aromatic carbocycles. The molecule has 0 bridgehead atoms. The zero-order chi connectivity index (χ0) is 17.7. The number of aliphatic hydroxyl groups is 1. The van der Waals surface area contributed by atoms with E-state index in [-0.39, 0.29) is 11.0 Å². The minimum Gasteiger partial charge on any atom is -0.504 e. The highest BCUT2D eigenvalue weighted by molar-refractivity contribution is 8.00. The lowest BCUT2D eigenvalue weighted by molar-refractivity contribution is -0.142. The highest BCUT2D eigenvalue weighted by Crippen LogP contribution is 2.23. The first kappa shape index (κ1) is 17.7. The number of carboxylic acids is 2. The van der Waals surface area contributed by atoms with E-state index in [2.05, 4.69) is 15.2 Å². The van der Waals surface area contributed by atoms with Crippen LogP contribution >= 0.6 is 23.1 Å². The Morgan fingerprint density at radius 3 is 2.67 bits per heavy atom. The highest BCUT2D eigenvalue weighted by Gasteiger charge is 2.24. The maximum atomic E-state index is 11.8. The molecule has 0 saturated carbocycles. The first-order valence-corrected chi connectivity index (χ1v) is 8.15. The van der Waals surface area contributed by atoms with Gasteiger partial charge in [0, 0.05) is 6.08 Å². The van der Waals surface area contributed by atoms with E-state index < -0.39 is 35.2 Å². The molecule has 0 fully saturated rings. The maximum Gasteiger partial charge on any atom is 0.317 e. The van der Waals surface area contributed by atoms with Crippen molar-refractivity contribution in [2.45, 2.75) is 16.8 Å². The molecule has 2 rings (SSSR count). The third-order valence-corrected chi connectivity index (χ3v) is 4.55. The van der Waals surface area contributed by atoms with Crippen LogP contribution in [0.1, 0.15) is 21.9 Å². The van der Waals surface area contributed by atoms with Gasteiger partial charge < -0.3 is 15.3 Å². The van der Waals surface area contributed by atoms with Gasteiger partial charge in [0.1, 0.15) is 5.25 Å². The fourth-order valence-electron chi connectivity index (χ4n) is 1.56. The lowest BCUT2D eigenvalue weighted by atomic mass is 10.3. The van der Waals surface area contributed by atoms with Crippen molar-refractivity contribution in [2.24, 2.45) is 0 Å². The largest absolute Gasteiger partial charge is 0.504 e. The molecule has 2 aromatic heterocycles. The molecular formula is C13H11N3O6S2. The van der Waals surface area contributed by atoms with Gasteiger partial charge in [0.2, 0.25) is 5.16 Å². The number of carbonyl (C=O) groups is 3. The smallest absolute Gasteiger partial charge is 0.317 e. The number of rotatable bonds is 8. The lowest BCUT2D eigenvalue weighted by Crippen LogP contribution is -2.20. The Labute approximate surface area is 143 Å². The summed E-state index contributed by atoms with van der Waals surface area (Å²) in [6.45, 7) is 0. The molecule has 4 N–H and O–H groups in total. The molecule has 126 valence electrons. The molecule has 0 saturated heterocycles. The number of aliphatic hydroxyl groups excluding tert-OH is 1. The quantitative estimate of drug-likeness (QED) is 0.235. The number of carbonyl (C=O) groups excluding carboxylic acids is 1. The van der Waals surface area contributed by atoms with Crippen LogP contribution in [0.3, 0.4) is 0 Å². The summed E-state index contributed by atoms with van der Waals surface area (Å²) in [5.41, 5.74) is 0. The van der Waals surface area contributed by atoms with Gasteiger partial charge in [-0.3, -0.25) is 19.5 Å². The van der Waals surface area contributed by atoms with Crippen LogP contribution in [-0.4, -0.2) is 53.5 Å². The molecule has 0 aliphatic carbocycles. The van der Waals surface area contributed by atoms with Gasteiger partial charge in [-0.15, -0.1) is 16.4 Å². The van der Waals surface area contributed by atoms with E-state index in [1.807, 2.05) is 0 Å². The van der Waals surface area contributed by atoms with E-state index in [4.69, 9.17) is 10.2 Å². The average Bonchev–Trinajstić information content (AvgIpc) is 3.17. The summed E-state index contributed by atoms with van der Waals surface area (Å²) in [5, 5.41) is 34.0. The second kappa shape index (κ2) is 7.75. The molecular weight excluding hydrogens is 358 g/mol. The summed E-state index contributed by atoms with van der Waals surface area (Å²) >= 11 is 1.84. The van der Waals surface area contributed by atoms with Gasteiger partial charge in [0.05, 0.1) is 11.3 Å². The Hall–Kier alpha value is -2.66. The predicted molar refractivity (Wildman–Crippen MR) is 85.2 cm³/mol. The summed E-state index contributed by atoms with van der Waals surface area (Å²) in [5.74, 6) is -3.58. The van der Waals surface area contributed by atoms with E-state index in [0.29, 0.717) is 16.6 Å². The molecule has 0 aliphatic heterocycles.